The average molecular weight is 499 g/mol. The summed E-state index contributed by atoms with van der Waals surface area (Å²) in [5.41, 5.74) is 3.55. The van der Waals surface area contributed by atoms with E-state index in [1.807, 2.05) is 0 Å². The van der Waals surface area contributed by atoms with E-state index in [-0.39, 0.29) is 38.0 Å². The largest absolute Gasteiger partial charge is 0.355 e. The molecule has 164 valence electrons. The predicted molar refractivity (Wildman–Crippen MR) is 118 cm³/mol. The van der Waals surface area contributed by atoms with Gasteiger partial charge in [0.05, 0.1) is 25.6 Å². The van der Waals surface area contributed by atoms with E-state index in [0.717, 1.165) is 12.4 Å². The van der Waals surface area contributed by atoms with Crippen LogP contribution >= 0.6 is 34.8 Å². The Balaban J connectivity index is 1.86. The molecular formula is C17H10Cl3N7O5. The molecule has 0 spiro atoms. The second-order valence-corrected chi connectivity index (χ2v) is 7.10. The number of hydrogen-bond donors (Lipinski definition) is 3. The summed E-state index contributed by atoms with van der Waals surface area (Å²) in [6.07, 6.45) is 1.01. The molecule has 0 aliphatic carbocycles. The molecule has 3 N–H and O–H groups in total. The number of nitro benzene ring substituents is 1. The van der Waals surface area contributed by atoms with Crippen LogP contribution in [-0.2, 0) is 0 Å². The first-order chi connectivity index (χ1) is 15.2. The van der Waals surface area contributed by atoms with E-state index in [1.165, 1.54) is 24.3 Å². The van der Waals surface area contributed by atoms with Crippen LogP contribution in [-0.4, -0.2) is 25.7 Å². The van der Waals surface area contributed by atoms with Gasteiger partial charge >= 0.3 is 5.69 Å². The number of halogens is 3. The summed E-state index contributed by atoms with van der Waals surface area (Å²) in [6, 6.07) is 8.03. The molecule has 1 heterocycles. The lowest BCUT2D eigenvalue weighted by atomic mass is 10.2. The first-order valence-corrected chi connectivity index (χ1v) is 9.53. The Labute approximate surface area is 193 Å². The maximum Gasteiger partial charge on any atom is 0.355 e. The molecule has 0 fully saturated rings. The van der Waals surface area contributed by atoms with Crippen molar-refractivity contribution in [3.05, 3.63) is 83.6 Å². The zero-order chi connectivity index (χ0) is 23.4. The summed E-state index contributed by atoms with van der Waals surface area (Å²) >= 11 is 17.8. The molecular weight excluding hydrogens is 489 g/mol. The normalized spacial score (nSPS) is 10.3. The van der Waals surface area contributed by atoms with Crippen LogP contribution in [0.15, 0.2) is 42.7 Å². The van der Waals surface area contributed by atoms with Crippen molar-refractivity contribution in [1.82, 2.24) is 15.4 Å². The number of nitro groups is 2. The fourth-order valence-electron chi connectivity index (χ4n) is 2.44. The van der Waals surface area contributed by atoms with Gasteiger partial charge in [-0.05, 0) is 24.3 Å². The van der Waals surface area contributed by atoms with E-state index in [0.29, 0.717) is 0 Å². The van der Waals surface area contributed by atoms with Crippen LogP contribution in [0.2, 0.25) is 15.1 Å². The SMILES string of the molecule is O=C(NNc1ncnc(Nc2cccc(Cl)c2Cl)c1[N+](=O)[O-])c1ccc(Cl)c([N+](=O)[O-])c1. The predicted octanol–water partition coefficient (Wildman–Crippen LogP) is 4.75. The van der Waals surface area contributed by atoms with Gasteiger partial charge in [-0.1, -0.05) is 40.9 Å². The molecule has 0 bridgehead atoms. The maximum atomic E-state index is 12.3. The van der Waals surface area contributed by atoms with Crippen molar-refractivity contribution in [3.63, 3.8) is 0 Å². The van der Waals surface area contributed by atoms with Gasteiger partial charge in [0.2, 0.25) is 11.6 Å². The minimum absolute atomic E-state index is 0.116. The van der Waals surface area contributed by atoms with Crippen molar-refractivity contribution in [2.24, 2.45) is 0 Å². The number of hydrazine groups is 1. The third kappa shape index (κ3) is 4.94. The fourth-order valence-corrected chi connectivity index (χ4v) is 2.98. The van der Waals surface area contributed by atoms with E-state index in [4.69, 9.17) is 34.8 Å². The molecule has 2 aromatic carbocycles. The Bertz CT molecular complexity index is 1240. The number of benzene rings is 2. The lowest BCUT2D eigenvalue weighted by Crippen LogP contribution is -2.30. The molecule has 0 aliphatic rings. The first kappa shape index (κ1) is 22.9. The number of nitrogens with zero attached hydrogens (tertiary/aromatic N) is 4. The molecule has 0 saturated heterocycles. The van der Waals surface area contributed by atoms with Gasteiger partial charge in [0.25, 0.3) is 11.6 Å². The molecule has 3 aromatic rings. The van der Waals surface area contributed by atoms with Gasteiger partial charge in [-0.3, -0.25) is 35.9 Å². The van der Waals surface area contributed by atoms with E-state index < -0.39 is 27.1 Å². The van der Waals surface area contributed by atoms with Crippen molar-refractivity contribution in [2.75, 3.05) is 10.7 Å². The number of amides is 1. The third-order valence-corrected chi connectivity index (χ3v) is 5.05. The lowest BCUT2D eigenvalue weighted by Gasteiger charge is -2.12. The van der Waals surface area contributed by atoms with E-state index in [9.17, 15) is 25.0 Å². The maximum absolute atomic E-state index is 12.3. The van der Waals surface area contributed by atoms with Gasteiger partial charge < -0.3 is 5.32 Å². The highest BCUT2D eigenvalue weighted by Crippen LogP contribution is 2.35. The van der Waals surface area contributed by atoms with Crippen LogP contribution in [0, 0.1) is 20.2 Å². The molecule has 0 atom stereocenters. The zero-order valence-corrected chi connectivity index (χ0v) is 17.8. The number of carbonyl (C=O) groups excluding carboxylic acids is 1. The van der Waals surface area contributed by atoms with Crippen LogP contribution in [0.4, 0.5) is 28.7 Å². The van der Waals surface area contributed by atoms with Gasteiger partial charge in [-0.2, -0.15) is 0 Å². The van der Waals surface area contributed by atoms with Crippen molar-refractivity contribution < 1.29 is 14.6 Å². The second-order valence-electron chi connectivity index (χ2n) is 5.91. The highest BCUT2D eigenvalue weighted by atomic mass is 35.5. The summed E-state index contributed by atoms with van der Waals surface area (Å²) in [5, 5.41) is 25.5. The van der Waals surface area contributed by atoms with Crippen LogP contribution in [0.5, 0.6) is 0 Å². The van der Waals surface area contributed by atoms with Crippen LogP contribution in [0.3, 0.4) is 0 Å². The summed E-state index contributed by atoms with van der Waals surface area (Å²) in [5.74, 6) is -1.42. The molecule has 15 heteroatoms. The molecule has 32 heavy (non-hydrogen) atoms. The van der Waals surface area contributed by atoms with Crippen molar-refractivity contribution >= 4 is 69.4 Å². The summed E-state index contributed by atoms with van der Waals surface area (Å²) in [4.78, 5) is 41.0. The fraction of sp³-hybridized carbons (Fsp3) is 0. The van der Waals surface area contributed by atoms with Crippen LogP contribution < -0.4 is 16.2 Å². The minimum atomic E-state index is -0.829. The molecule has 12 nitrogen and oxygen atoms in total. The summed E-state index contributed by atoms with van der Waals surface area (Å²) in [7, 11) is 0. The Kier molecular flexibility index (Phi) is 6.88. The Hall–Kier alpha value is -3.74. The second kappa shape index (κ2) is 9.60. The highest BCUT2D eigenvalue weighted by molar-refractivity contribution is 6.43. The quantitative estimate of drug-likeness (QED) is 0.307. The van der Waals surface area contributed by atoms with E-state index >= 15 is 0 Å². The molecule has 3 rings (SSSR count). The average Bonchev–Trinajstić information content (AvgIpc) is 2.75. The first-order valence-electron chi connectivity index (χ1n) is 8.39. The monoisotopic (exact) mass is 497 g/mol. The number of rotatable bonds is 7. The smallest absolute Gasteiger partial charge is 0.333 e. The van der Waals surface area contributed by atoms with Crippen LogP contribution in [0.1, 0.15) is 10.4 Å². The van der Waals surface area contributed by atoms with E-state index in [2.05, 4.69) is 26.1 Å². The Morgan fingerprint density at radius 1 is 0.938 bits per heavy atom. The summed E-state index contributed by atoms with van der Waals surface area (Å²) < 4.78 is 0. The third-order valence-electron chi connectivity index (χ3n) is 3.91. The number of carbonyl (C=O) groups is 1. The number of anilines is 3. The van der Waals surface area contributed by atoms with E-state index in [1.54, 1.807) is 6.07 Å². The zero-order valence-electron chi connectivity index (χ0n) is 15.5. The van der Waals surface area contributed by atoms with Crippen molar-refractivity contribution in [2.45, 2.75) is 0 Å². The molecule has 0 radical (unpaired) electrons. The van der Waals surface area contributed by atoms with Gasteiger partial charge in [-0.25, -0.2) is 9.97 Å². The van der Waals surface area contributed by atoms with Crippen LogP contribution in [0.25, 0.3) is 0 Å². The Morgan fingerprint density at radius 3 is 2.34 bits per heavy atom. The number of aromatic nitrogens is 2. The topological polar surface area (TPSA) is 165 Å². The standard InChI is InChI=1S/C17H10Cl3N7O5/c18-9-5-4-8(6-12(9)26(29)30)17(28)25-24-16-14(27(31)32)15(21-7-22-16)23-11-3-1-2-10(19)13(11)20/h1-7H,(H,25,28)(H2,21,22,23,24). The minimum Gasteiger partial charge on any atom is -0.333 e. The van der Waals surface area contributed by atoms with Gasteiger partial charge in [0, 0.05) is 11.6 Å². The van der Waals surface area contributed by atoms with Crippen molar-refractivity contribution in [3.8, 4) is 0 Å². The molecule has 1 amide bonds. The van der Waals surface area contributed by atoms with Crippen molar-refractivity contribution in [1.29, 1.82) is 0 Å². The number of hydrogen-bond acceptors (Lipinski definition) is 9. The lowest BCUT2D eigenvalue weighted by molar-refractivity contribution is -0.384. The van der Waals surface area contributed by atoms with Gasteiger partial charge in [0.1, 0.15) is 11.3 Å². The van der Waals surface area contributed by atoms with Gasteiger partial charge in [0.15, 0.2) is 0 Å². The van der Waals surface area contributed by atoms with Gasteiger partial charge in [-0.15, -0.1) is 0 Å². The number of nitrogens with one attached hydrogen (secondary N) is 3. The molecule has 0 unspecified atom stereocenters. The molecule has 1 aromatic heterocycles. The summed E-state index contributed by atoms with van der Waals surface area (Å²) in [6.45, 7) is 0. The molecule has 0 saturated carbocycles. The highest BCUT2D eigenvalue weighted by Gasteiger charge is 2.25. The Morgan fingerprint density at radius 2 is 1.66 bits per heavy atom. The molecule has 0 aliphatic heterocycles.